The van der Waals surface area contributed by atoms with E-state index in [2.05, 4.69) is 20.3 Å². The summed E-state index contributed by atoms with van der Waals surface area (Å²) in [6.07, 6.45) is 0.229. The van der Waals surface area contributed by atoms with Gasteiger partial charge in [0.05, 0.1) is 41.3 Å². The molecule has 0 saturated carbocycles. The number of rotatable bonds is 9. The van der Waals surface area contributed by atoms with E-state index in [-0.39, 0.29) is 31.0 Å². The Morgan fingerprint density at radius 2 is 2.06 bits per heavy atom. The molecule has 1 aromatic carbocycles. The molecule has 4 atom stereocenters. The Kier molecular flexibility index (Phi) is 7.82. The van der Waals surface area contributed by atoms with E-state index in [1.165, 1.54) is 6.26 Å². The summed E-state index contributed by atoms with van der Waals surface area (Å²) in [6, 6.07) is 9.52. The number of sulfone groups is 1. The van der Waals surface area contributed by atoms with Gasteiger partial charge in [-0.15, -0.1) is 0 Å². The number of aliphatic hydroxyl groups is 2. The van der Waals surface area contributed by atoms with Crippen LogP contribution in [-0.4, -0.2) is 83.2 Å². The third-order valence-corrected chi connectivity index (χ3v) is 7.05. The molecule has 1 aliphatic rings. The molecule has 1 aliphatic heterocycles. The van der Waals surface area contributed by atoms with Crippen LogP contribution in [0.4, 0.5) is 5.69 Å². The second-order valence-electron chi connectivity index (χ2n) is 8.87. The lowest BCUT2D eigenvalue weighted by molar-refractivity contribution is -0.131. The minimum Gasteiger partial charge on any atom is -0.459 e. The van der Waals surface area contributed by atoms with E-state index in [1.807, 2.05) is 31.2 Å². The molecular formula is C23H29ClN4O6S. The number of imidazole rings is 1. The molecule has 0 aliphatic carbocycles. The predicted octanol–water partition coefficient (Wildman–Crippen LogP) is 2.40. The van der Waals surface area contributed by atoms with Crippen LogP contribution >= 0.6 is 11.6 Å². The van der Waals surface area contributed by atoms with Crippen LogP contribution in [0.25, 0.3) is 22.4 Å². The van der Waals surface area contributed by atoms with Crippen molar-refractivity contribution in [1.82, 2.24) is 15.0 Å². The lowest BCUT2D eigenvalue weighted by atomic mass is 10.0. The SMILES string of the molecule is CC(CCS(C)(=O)=O)Nc1ccc(-c2nc3nc(O[C@H]4CO[C@H](CO)[C@@H](O)C4)[nH]c3cc2Cl)cc1. The molecule has 0 amide bonds. The van der Waals surface area contributed by atoms with Gasteiger partial charge < -0.3 is 30.0 Å². The highest BCUT2D eigenvalue weighted by Gasteiger charge is 2.31. The van der Waals surface area contributed by atoms with Crippen molar-refractivity contribution >= 4 is 38.3 Å². The molecule has 1 unspecified atom stereocenters. The molecule has 2 aromatic heterocycles. The van der Waals surface area contributed by atoms with Gasteiger partial charge in [-0.25, -0.2) is 13.4 Å². The number of aliphatic hydroxyl groups excluding tert-OH is 2. The number of aromatic nitrogens is 3. The smallest absolute Gasteiger partial charge is 0.296 e. The van der Waals surface area contributed by atoms with E-state index in [4.69, 9.17) is 21.1 Å². The number of pyridine rings is 1. The lowest BCUT2D eigenvalue weighted by Crippen LogP contribution is -2.45. The van der Waals surface area contributed by atoms with Crippen molar-refractivity contribution in [2.75, 3.05) is 30.5 Å². The third-order valence-electron chi connectivity index (χ3n) is 5.79. The van der Waals surface area contributed by atoms with Crippen LogP contribution in [0.3, 0.4) is 0 Å². The zero-order valence-corrected chi connectivity index (χ0v) is 21.0. The third kappa shape index (κ3) is 6.62. The fourth-order valence-corrected chi connectivity index (χ4v) is 4.91. The lowest BCUT2D eigenvalue weighted by Gasteiger charge is -2.31. The van der Waals surface area contributed by atoms with Crippen LogP contribution in [-0.2, 0) is 14.6 Å². The van der Waals surface area contributed by atoms with Crippen molar-refractivity contribution < 1.29 is 28.1 Å². The molecule has 4 N–H and O–H groups in total. The fraction of sp³-hybridized carbons (Fsp3) is 0.478. The molecule has 10 nitrogen and oxygen atoms in total. The van der Waals surface area contributed by atoms with Gasteiger partial charge in [0.2, 0.25) is 0 Å². The number of fused-ring (bicyclic) bond motifs is 1. The van der Waals surface area contributed by atoms with Crippen molar-refractivity contribution in [3.05, 3.63) is 35.4 Å². The average molecular weight is 525 g/mol. The van der Waals surface area contributed by atoms with Gasteiger partial charge in [0.25, 0.3) is 6.01 Å². The maximum absolute atomic E-state index is 11.4. The van der Waals surface area contributed by atoms with E-state index in [1.54, 1.807) is 6.07 Å². The van der Waals surface area contributed by atoms with Gasteiger partial charge in [-0.05, 0) is 31.5 Å². The molecule has 12 heteroatoms. The molecule has 3 aromatic rings. The Morgan fingerprint density at radius 1 is 1.31 bits per heavy atom. The second kappa shape index (κ2) is 10.7. The second-order valence-corrected chi connectivity index (χ2v) is 11.5. The summed E-state index contributed by atoms with van der Waals surface area (Å²) < 4.78 is 34.0. The highest BCUT2D eigenvalue weighted by atomic mass is 35.5. The Hall–Kier alpha value is -2.44. The van der Waals surface area contributed by atoms with E-state index < -0.39 is 28.1 Å². The van der Waals surface area contributed by atoms with Crippen molar-refractivity contribution in [3.63, 3.8) is 0 Å². The molecule has 190 valence electrons. The summed E-state index contributed by atoms with van der Waals surface area (Å²) in [7, 11) is -3.00. The molecule has 0 spiro atoms. The molecule has 1 fully saturated rings. The molecule has 1 saturated heterocycles. The minimum absolute atomic E-state index is 0.00122. The number of aromatic amines is 1. The predicted molar refractivity (Wildman–Crippen MR) is 134 cm³/mol. The summed E-state index contributed by atoms with van der Waals surface area (Å²) in [5, 5.41) is 23.0. The number of benzene rings is 1. The van der Waals surface area contributed by atoms with E-state index in [0.29, 0.717) is 34.7 Å². The maximum atomic E-state index is 11.4. The van der Waals surface area contributed by atoms with Gasteiger partial charge in [0.1, 0.15) is 22.0 Å². The van der Waals surface area contributed by atoms with Crippen LogP contribution in [0.15, 0.2) is 30.3 Å². The number of halogens is 1. The van der Waals surface area contributed by atoms with Crippen LogP contribution < -0.4 is 10.1 Å². The van der Waals surface area contributed by atoms with Crippen LogP contribution in [0, 0.1) is 0 Å². The maximum Gasteiger partial charge on any atom is 0.296 e. The van der Waals surface area contributed by atoms with Crippen molar-refractivity contribution in [1.29, 1.82) is 0 Å². The summed E-state index contributed by atoms with van der Waals surface area (Å²) in [6.45, 7) is 1.92. The van der Waals surface area contributed by atoms with Gasteiger partial charge in [0, 0.05) is 30.0 Å². The van der Waals surface area contributed by atoms with E-state index in [0.717, 1.165) is 11.3 Å². The van der Waals surface area contributed by atoms with Crippen molar-refractivity contribution in [3.8, 4) is 17.3 Å². The number of nitrogens with one attached hydrogen (secondary N) is 2. The number of hydrogen-bond acceptors (Lipinski definition) is 9. The highest BCUT2D eigenvalue weighted by molar-refractivity contribution is 7.90. The van der Waals surface area contributed by atoms with Crippen LogP contribution in [0.5, 0.6) is 6.01 Å². The Bertz CT molecular complexity index is 1270. The van der Waals surface area contributed by atoms with Gasteiger partial charge in [-0.3, -0.25) is 0 Å². The van der Waals surface area contributed by atoms with Gasteiger partial charge in [0.15, 0.2) is 5.65 Å². The quantitative estimate of drug-likeness (QED) is 0.331. The Balaban J connectivity index is 1.44. The summed E-state index contributed by atoms with van der Waals surface area (Å²) in [5.74, 6) is 0.131. The molecule has 0 bridgehead atoms. The zero-order valence-electron chi connectivity index (χ0n) is 19.4. The molecule has 35 heavy (non-hydrogen) atoms. The van der Waals surface area contributed by atoms with Crippen LogP contribution in [0.1, 0.15) is 19.8 Å². The summed E-state index contributed by atoms with van der Waals surface area (Å²) >= 11 is 6.50. The fourth-order valence-electron chi connectivity index (χ4n) is 3.87. The highest BCUT2D eigenvalue weighted by Crippen LogP contribution is 2.31. The summed E-state index contributed by atoms with van der Waals surface area (Å²) in [4.78, 5) is 12.0. The van der Waals surface area contributed by atoms with Crippen molar-refractivity contribution in [2.45, 2.75) is 44.1 Å². The van der Waals surface area contributed by atoms with Gasteiger partial charge in [-0.2, -0.15) is 4.98 Å². The first-order valence-corrected chi connectivity index (χ1v) is 13.7. The number of nitrogens with zero attached hydrogens (tertiary/aromatic N) is 2. The zero-order chi connectivity index (χ0) is 25.2. The minimum atomic E-state index is -3.00. The molecule has 0 radical (unpaired) electrons. The van der Waals surface area contributed by atoms with Gasteiger partial charge >= 0.3 is 0 Å². The first-order valence-electron chi connectivity index (χ1n) is 11.3. The van der Waals surface area contributed by atoms with Gasteiger partial charge in [-0.1, -0.05) is 23.7 Å². The van der Waals surface area contributed by atoms with Crippen LogP contribution in [0.2, 0.25) is 5.02 Å². The molecular weight excluding hydrogens is 496 g/mol. The first-order chi connectivity index (χ1) is 16.6. The summed E-state index contributed by atoms with van der Waals surface area (Å²) in [5.41, 5.74) is 3.27. The number of hydrogen-bond donors (Lipinski definition) is 4. The monoisotopic (exact) mass is 524 g/mol. The average Bonchev–Trinajstić information content (AvgIpc) is 3.18. The number of ether oxygens (including phenoxy) is 2. The first kappa shape index (κ1) is 25.6. The Labute approximate surface area is 208 Å². The van der Waals surface area contributed by atoms with Crippen molar-refractivity contribution in [2.24, 2.45) is 0 Å². The largest absolute Gasteiger partial charge is 0.459 e. The van der Waals surface area contributed by atoms with E-state index >= 15 is 0 Å². The topological polar surface area (TPSA) is 147 Å². The number of H-pyrrole nitrogens is 1. The normalized spacial score (nSPS) is 21.7. The molecule has 4 rings (SSSR count). The standard InChI is InChI=1S/C23H29ClN4O6S/c1-13(7-8-35(2,31)32)25-15-5-3-14(4-6-15)21-17(24)10-18-22(27-21)28-23(26-18)34-16-9-19(30)20(11-29)33-12-16/h3-6,10,13,16,19-20,25,29-30H,7-9,11-12H2,1-2H3,(H,26,27,28)/t13?,16-,19+,20-/m1/s1. The van der Waals surface area contributed by atoms with E-state index in [9.17, 15) is 18.6 Å². The Morgan fingerprint density at radius 3 is 2.71 bits per heavy atom. The molecule has 3 heterocycles. The number of anilines is 1.